The molecule has 6 atom stereocenters. The van der Waals surface area contributed by atoms with E-state index in [1.807, 2.05) is 0 Å². The Labute approximate surface area is 575 Å². The van der Waals surface area contributed by atoms with Crippen molar-refractivity contribution in [2.45, 2.75) is 395 Å². The molecule has 17 nitrogen and oxygen atoms in total. The SMILES string of the molecule is CCC(C)CCCCCCCCCCC(=O)O[C@H](COC(=O)CCCCCCCCCC(C)C)COP(=O)(O)OCC(O)COP(=O)(O)OC[C@@H](COC(=O)CCCCCCCCCCC(C)C)OC(=O)CCCCCCCCCCCCCCCCCCCCC(C)C. The van der Waals surface area contributed by atoms with E-state index in [9.17, 15) is 43.2 Å². The molecule has 4 unspecified atom stereocenters. The van der Waals surface area contributed by atoms with Gasteiger partial charge in [-0.15, -0.1) is 0 Å². The molecule has 0 aromatic heterocycles. The van der Waals surface area contributed by atoms with Gasteiger partial charge in [-0.25, -0.2) is 9.13 Å². The molecule has 0 bridgehead atoms. The summed E-state index contributed by atoms with van der Waals surface area (Å²) in [7, 11) is -9.91. The highest BCUT2D eigenvalue weighted by Crippen LogP contribution is 2.45. The van der Waals surface area contributed by atoms with Gasteiger partial charge in [-0.05, 0) is 49.4 Å². The largest absolute Gasteiger partial charge is 0.472 e. The van der Waals surface area contributed by atoms with E-state index in [2.05, 4.69) is 55.4 Å². The highest BCUT2D eigenvalue weighted by molar-refractivity contribution is 7.47. The topological polar surface area (TPSA) is 237 Å². The highest BCUT2D eigenvalue weighted by atomic mass is 31.2. The first-order valence-electron chi connectivity index (χ1n) is 38.7. The van der Waals surface area contributed by atoms with Gasteiger partial charge in [0.15, 0.2) is 12.2 Å². The van der Waals surface area contributed by atoms with Gasteiger partial charge in [-0.1, -0.05) is 325 Å². The number of rotatable bonds is 72. The van der Waals surface area contributed by atoms with Crippen molar-refractivity contribution in [3.05, 3.63) is 0 Å². The Bertz CT molecular complexity index is 1850. The number of carbonyl (C=O) groups is 4. The minimum Gasteiger partial charge on any atom is -0.462 e. The third-order valence-electron chi connectivity index (χ3n) is 17.7. The van der Waals surface area contributed by atoms with E-state index < -0.39 is 97.5 Å². The number of esters is 4. The minimum absolute atomic E-state index is 0.104. The summed E-state index contributed by atoms with van der Waals surface area (Å²) in [6.45, 7) is 14.1. The molecular formula is C75H146O17P2. The summed E-state index contributed by atoms with van der Waals surface area (Å²) >= 11 is 0. The number of carbonyl (C=O) groups excluding carboxylic acids is 4. The molecule has 0 aromatic carbocycles. The molecule has 0 rings (SSSR count). The first kappa shape index (κ1) is 92.1. The lowest BCUT2D eigenvalue weighted by Crippen LogP contribution is -2.30. The summed E-state index contributed by atoms with van der Waals surface area (Å²) in [5.74, 6) is 0.895. The number of phosphoric acid groups is 2. The molecule has 0 spiro atoms. The monoisotopic (exact) mass is 1380 g/mol. The van der Waals surface area contributed by atoms with E-state index in [1.54, 1.807) is 0 Å². The second kappa shape index (κ2) is 64.4. The molecule has 0 aliphatic heterocycles. The number of aliphatic hydroxyl groups is 1. The van der Waals surface area contributed by atoms with Crippen molar-refractivity contribution < 1.29 is 80.2 Å². The third kappa shape index (κ3) is 67.3. The molecular weight excluding hydrogens is 1230 g/mol. The fourth-order valence-corrected chi connectivity index (χ4v) is 12.9. The average molecular weight is 1380 g/mol. The second-order valence-corrected chi connectivity index (χ2v) is 31.6. The molecule has 0 amide bonds. The standard InChI is InChI=1S/C75H146O17P2/c1-9-68(8)54-46-38-30-23-25-33-42-50-58-75(80)92-71(62-86-73(78)56-48-40-34-26-29-37-45-53-67(6)7)64-90-94(83,84)88-60-69(76)59-87-93(81,82)89-63-70(61-85-72(77)55-47-39-31-24-22-28-36-44-52-66(4)5)91-74(79)57-49-41-32-21-19-17-15-13-11-10-12-14-16-18-20-27-35-43-51-65(2)3/h65-71,76H,9-64H2,1-8H3,(H,81,82)(H,83,84)/t68?,69?,70-,71-/m1/s1. The van der Waals surface area contributed by atoms with Crippen LogP contribution < -0.4 is 0 Å². The third-order valence-corrected chi connectivity index (χ3v) is 19.6. The molecule has 19 heteroatoms. The van der Waals surface area contributed by atoms with Crippen molar-refractivity contribution >= 4 is 39.5 Å². The van der Waals surface area contributed by atoms with Crippen LogP contribution >= 0.6 is 15.6 Å². The van der Waals surface area contributed by atoms with Gasteiger partial charge in [-0.3, -0.25) is 37.3 Å². The lowest BCUT2D eigenvalue weighted by molar-refractivity contribution is -0.161. The normalized spacial score (nSPS) is 14.4. The molecule has 94 heavy (non-hydrogen) atoms. The molecule has 0 saturated heterocycles. The van der Waals surface area contributed by atoms with Crippen molar-refractivity contribution in [1.29, 1.82) is 0 Å². The van der Waals surface area contributed by atoms with Gasteiger partial charge >= 0.3 is 39.5 Å². The number of unbranched alkanes of at least 4 members (excludes halogenated alkanes) is 37. The van der Waals surface area contributed by atoms with Crippen LogP contribution in [0.15, 0.2) is 0 Å². The van der Waals surface area contributed by atoms with Crippen LogP contribution in [0, 0.1) is 23.7 Å². The molecule has 0 heterocycles. The average Bonchev–Trinajstić information content (AvgIpc) is 2.43. The van der Waals surface area contributed by atoms with Crippen LogP contribution in [-0.4, -0.2) is 96.7 Å². The number of hydrogen-bond donors (Lipinski definition) is 3. The quantitative estimate of drug-likeness (QED) is 0.0222. The number of ether oxygens (including phenoxy) is 4. The Balaban J connectivity index is 5.19. The van der Waals surface area contributed by atoms with E-state index >= 15 is 0 Å². The molecule has 0 aliphatic rings. The van der Waals surface area contributed by atoms with Crippen LogP contribution in [0.3, 0.4) is 0 Å². The minimum atomic E-state index is -4.96. The zero-order chi connectivity index (χ0) is 69.6. The zero-order valence-electron chi connectivity index (χ0n) is 61.6. The summed E-state index contributed by atoms with van der Waals surface area (Å²) in [5, 5.41) is 10.6. The Morgan fingerprint density at radius 3 is 0.755 bits per heavy atom. The molecule has 0 aliphatic carbocycles. The number of phosphoric ester groups is 2. The summed E-state index contributed by atoms with van der Waals surface area (Å²) in [6.07, 6.45) is 48.8. The molecule has 0 saturated carbocycles. The van der Waals surface area contributed by atoms with Crippen molar-refractivity contribution in [3.8, 4) is 0 Å². The molecule has 558 valence electrons. The van der Waals surface area contributed by atoms with Crippen LogP contribution in [0.4, 0.5) is 0 Å². The van der Waals surface area contributed by atoms with Crippen LogP contribution in [0.25, 0.3) is 0 Å². The fraction of sp³-hybridized carbons (Fsp3) is 0.947. The van der Waals surface area contributed by atoms with Gasteiger partial charge in [0.25, 0.3) is 0 Å². The Kier molecular flexibility index (Phi) is 63.1. The van der Waals surface area contributed by atoms with Crippen LogP contribution in [-0.2, 0) is 65.4 Å². The van der Waals surface area contributed by atoms with Gasteiger partial charge in [0, 0.05) is 25.7 Å². The van der Waals surface area contributed by atoms with Gasteiger partial charge < -0.3 is 33.8 Å². The van der Waals surface area contributed by atoms with Crippen LogP contribution in [0.1, 0.15) is 376 Å². The lowest BCUT2D eigenvalue weighted by atomic mass is 9.99. The van der Waals surface area contributed by atoms with E-state index in [1.165, 1.54) is 173 Å². The summed E-state index contributed by atoms with van der Waals surface area (Å²) < 4.78 is 68.4. The maximum Gasteiger partial charge on any atom is 0.472 e. The van der Waals surface area contributed by atoms with Gasteiger partial charge in [0.2, 0.25) is 0 Å². The van der Waals surface area contributed by atoms with E-state index in [0.29, 0.717) is 31.6 Å². The Morgan fingerprint density at radius 1 is 0.298 bits per heavy atom. The van der Waals surface area contributed by atoms with Crippen molar-refractivity contribution in [2.75, 3.05) is 39.6 Å². The predicted molar refractivity (Wildman–Crippen MR) is 381 cm³/mol. The van der Waals surface area contributed by atoms with Gasteiger partial charge in [0.05, 0.1) is 26.4 Å². The van der Waals surface area contributed by atoms with Crippen molar-refractivity contribution in [2.24, 2.45) is 23.7 Å². The Hall–Kier alpha value is -1.94. The maximum atomic E-state index is 13.1. The molecule has 0 radical (unpaired) electrons. The van der Waals surface area contributed by atoms with E-state index in [0.717, 1.165) is 114 Å². The summed E-state index contributed by atoms with van der Waals surface area (Å²) in [6, 6.07) is 0. The van der Waals surface area contributed by atoms with E-state index in [-0.39, 0.29) is 25.7 Å². The summed E-state index contributed by atoms with van der Waals surface area (Å²) in [4.78, 5) is 72.7. The van der Waals surface area contributed by atoms with Gasteiger partial charge in [0.1, 0.15) is 19.3 Å². The highest BCUT2D eigenvalue weighted by Gasteiger charge is 2.30. The van der Waals surface area contributed by atoms with Crippen LogP contribution in [0.5, 0.6) is 0 Å². The number of aliphatic hydroxyl groups excluding tert-OH is 1. The van der Waals surface area contributed by atoms with Crippen LogP contribution in [0.2, 0.25) is 0 Å². The fourth-order valence-electron chi connectivity index (χ4n) is 11.3. The Morgan fingerprint density at radius 2 is 0.511 bits per heavy atom. The molecule has 0 aromatic rings. The van der Waals surface area contributed by atoms with Gasteiger partial charge in [-0.2, -0.15) is 0 Å². The van der Waals surface area contributed by atoms with Crippen molar-refractivity contribution in [1.82, 2.24) is 0 Å². The lowest BCUT2D eigenvalue weighted by Gasteiger charge is -2.21. The first-order chi connectivity index (χ1) is 45.1. The molecule has 0 fully saturated rings. The maximum absolute atomic E-state index is 13.1. The van der Waals surface area contributed by atoms with E-state index in [4.69, 9.17) is 37.0 Å². The zero-order valence-corrected chi connectivity index (χ0v) is 63.4. The van der Waals surface area contributed by atoms with Crippen molar-refractivity contribution in [3.63, 3.8) is 0 Å². The molecule has 3 N–H and O–H groups in total. The first-order valence-corrected chi connectivity index (χ1v) is 41.7. The smallest absolute Gasteiger partial charge is 0.462 e. The predicted octanol–water partition coefficient (Wildman–Crippen LogP) is 21.7. The second-order valence-electron chi connectivity index (χ2n) is 28.7. The summed E-state index contributed by atoms with van der Waals surface area (Å²) in [5.41, 5.74) is 0. The number of hydrogen-bond acceptors (Lipinski definition) is 15.